The lowest BCUT2D eigenvalue weighted by Gasteiger charge is -2.54. The number of hydrogen-bond donors (Lipinski definition) is 1. The minimum atomic E-state index is -0.669. The molecule has 0 bridgehead atoms. The summed E-state index contributed by atoms with van der Waals surface area (Å²) in [6.45, 7) is 11.7. The summed E-state index contributed by atoms with van der Waals surface area (Å²) < 4.78 is 13.4. The summed E-state index contributed by atoms with van der Waals surface area (Å²) >= 11 is 0. The molecule has 1 aliphatic heterocycles. The molecule has 1 saturated heterocycles. The quantitative estimate of drug-likeness (QED) is 0.0839. The van der Waals surface area contributed by atoms with Gasteiger partial charge in [-0.25, -0.2) is 0 Å². The second kappa shape index (κ2) is 15.7. The zero-order chi connectivity index (χ0) is 30.7. The Labute approximate surface area is 259 Å². The Morgan fingerprint density at radius 2 is 1.47 bits per heavy atom. The topological polar surface area (TPSA) is 55.8 Å². The maximum absolute atomic E-state index is 11.6. The van der Waals surface area contributed by atoms with Gasteiger partial charge in [0.25, 0.3) is 0 Å². The molecule has 3 aromatic rings. The molecule has 4 rings (SSSR count). The van der Waals surface area contributed by atoms with Crippen LogP contribution in [0.4, 0.5) is 0 Å². The van der Waals surface area contributed by atoms with Crippen molar-refractivity contribution in [2.45, 2.75) is 103 Å². The first kappa shape index (κ1) is 32.9. The number of likely N-dealkylation sites (tertiary alicyclic amines) is 1. The molecule has 0 saturated carbocycles. The van der Waals surface area contributed by atoms with Crippen molar-refractivity contribution in [2.24, 2.45) is 0 Å². The Bertz CT molecular complexity index is 1210. The van der Waals surface area contributed by atoms with Crippen molar-refractivity contribution in [3.05, 3.63) is 102 Å². The van der Waals surface area contributed by atoms with Gasteiger partial charge in [0.15, 0.2) is 0 Å². The second-order valence-electron chi connectivity index (χ2n) is 12.9. The molecule has 1 heterocycles. The molecule has 1 aliphatic rings. The number of aliphatic hydroxyl groups is 1. The highest BCUT2D eigenvalue weighted by atomic mass is 16.5. The van der Waals surface area contributed by atoms with Crippen LogP contribution in [0.3, 0.4) is 0 Å². The largest absolute Gasteiger partial charge is 0.426 e. The SMILES string of the molecule is CCCCCC(C)(C)[N+]1(CCCC(O)c2ccccc2OC(C)=O)CCC(OC(c2ccccc2)c2ccccc2)CC1. The number of hydrogen-bond acceptors (Lipinski definition) is 4. The van der Waals surface area contributed by atoms with E-state index < -0.39 is 6.10 Å². The monoisotopic (exact) mass is 586 g/mol. The fourth-order valence-corrected chi connectivity index (χ4v) is 6.89. The maximum Gasteiger partial charge on any atom is 0.308 e. The average Bonchev–Trinajstić information content (AvgIpc) is 3.01. The van der Waals surface area contributed by atoms with Crippen molar-refractivity contribution >= 4 is 5.97 Å². The van der Waals surface area contributed by atoms with Crippen LogP contribution in [0.2, 0.25) is 0 Å². The van der Waals surface area contributed by atoms with Crippen molar-refractivity contribution < 1.29 is 23.9 Å². The van der Waals surface area contributed by atoms with E-state index in [2.05, 4.69) is 81.4 Å². The third-order valence-corrected chi connectivity index (χ3v) is 9.56. The van der Waals surface area contributed by atoms with Gasteiger partial charge in [0.1, 0.15) is 11.9 Å². The summed E-state index contributed by atoms with van der Waals surface area (Å²) in [5.41, 5.74) is 3.22. The lowest BCUT2D eigenvalue weighted by molar-refractivity contribution is -0.978. The molecular formula is C38H52NO4+. The Morgan fingerprint density at radius 1 is 0.884 bits per heavy atom. The molecule has 0 aliphatic carbocycles. The average molecular weight is 587 g/mol. The van der Waals surface area contributed by atoms with E-state index in [0.717, 1.165) is 43.4 Å². The fraction of sp³-hybridized carbons (Fsp3) is 0.500. The number of aliphatic hydroxyl groups excluding tert-OH is 1. The number of nitrogens with zero attached hydrogens (tertiary/aromatic N) is 1. The normalized spacial score (nSPS) is 19.7. The predicted molar refractivity (Wildman–Crippen MR) is 174 cm³/mol. The van der Waals surface area contributed by atoms with Gasteiger partial charge in [0.2, 0.25) is 0 Å². The smallest absolute Gasteiger partial charge is 0.308 e. The van der Waals surface area contributed by atoms with Gasteiger partial charge >= 0.3 is 5.97 Å². The summed E-state index contributed by atoms with van der Waals surface area (Å²) in [5, 5.41) is 11.1. The summed E-state index contributed by atoms with van der Waals surface area (Å²) in [7, 11) is 0. The van der Waals surface area contributed by atoms with E-state index >= 15 is 0 Å². The Hall–Kier alpha value is -2.99. The van der Waals surface area contributed by atoms with Crippen LogP contribution < -0.4 is 4.74 Å². The van der Waals surface area contributed by atoms with Crippen molar-refractivity contribution in [1.29, 1.82) is 0 Å². The Kier molecular flexibility index (Phi) is 12.0. The molecule has 232 valence electrons. The molecule has 0 amide bonds. The van der Waals surface area contributed by atoms with Crippen LogP contribution in [0.15, 0.2) is 84.9 Å². The van der Waals surface area contributed by atoms with E-state index in [9.17, 15) is 9.90 Å². The number of carbonyl (C=O) groups is 1. The zero-order valence-corrected chi connectivity index (χ0v) is 26.7. The molecule has 0 aromatic heterocycles. The number of rotatable bonds is 15. The van der Waals surface area contributed by atoms with Crippen LogP contribution in [-0.4, -0.2) is 46.8 Å². The van der Waals surface area contributed by atoms with Crippen molar-refractivity contribution in [3.8, 4) is 5.75 Å². The molecule has 3 aromatic carbocycles. The first-order valence-corrected chi connectivity index (χ1v) is 16.3. The van der Waals surface area contributed by atoms with Crippen LogP contribution in [-0.2, 0) is 9.53 Å². The highest BCUT2D eigenvalue weighted by molar-refractivity contribution is 5.69. The third-order valence-electron chi connectivity index (χ3n) is 9.56. The number of esters is 1. The van der Waals surface area contributed by atoms with Gasteiger partial charge in [0.05, 0.1) is 37.4 Å². The van der Waals surface area contributed by atoms with Gasteiger partial charge in [-0.05, 0) is 50.3 Å². The van der Waals surface area contributed by atoms with Crippen LogP contribution in [0.25, 0.3) is 0 Å². The molecule has 0 radical (unpaired) electrons. The lowest BCUT2D eigenvalue weighted by Crippen LogP contribution is -2.65. The zero-order valence-electron chi connectivity index (χ0n) is 26.7. The van der Waals surface area contributed by atoms with E-state index in [0.29, 0.717) is 17.7 Å². The van der Waals surface area contributed by atoms with Gasteiger partial charge < -0.3 is 19.1 Å². The Balaban J connectivity index is 1.46. The highest BCUT2D eigenvalue weighted by Crippen LogP contribution is 2.39. The lowest BCUT2D eigenvalue weighted by atomic mass is 9.86. The number of unbranched alkanes of at least 4 members (excludes halogenated alkanes) is 2. The summed E-state index contributed by atoms with van der Waals surface area (Å²) in [6.07, 6.45) is 7.95. The van der Waals surface area contributed by atoms with E-state index in [1.54, 1.807) is 6.07 Å². The molecule has 5 nitrogen and oxygen atoms in total. The molecular weight excluding hydrogens is 534 g/mol. The minimum absolute atomic E-state index is 0.0719. The van der Waals surface area contributed by atoms with Crippen LogP contribution in [0.1, 0.15) is 108 Å². The second-order valence-corrected chi connectivity index (χ2v) is 12.9. The van der Waals surface area contributed by atoms with E-state index in [-0.39, 0.29) is 23.7 Å². The molecule has 1 fully saturated rings. The van der Waals surface area contributed by atoms with Gasteiger partial charge in [-0.3, -0.25) is 4.79 Å². The molecule has 5 heteroatoms. The summed E-state index contributed by atoms with van der Waals surface area (Å²) in [6, 6.07) is 28.5. The van der Waals surface area contributed by atoms with E-state index in [4.69, 9.17) is 9.47 Å². The van der Waals surface area contributed by atoms with Gasteiger partial charge in [-0.1, -0.05) is 98.6 Å². The van der Waals surface area contributed by atoms with Gasteiger partial charge in [-0.2, -0.15) is 0 Å². The first-order valence-electron chi connectivity index (χ1n) is 16.3. The molecule has 43 heavy (non-hydrogen) atoms. The minimum Gasteiger partial charge on any atom is -0.426 e. The molecule has 0 spiro atoms. The van der Waals surface area contributed by atoms with Crippen LogP contribution in [0, 0.1) is 0 Å². The predicted octanol–water partition coefficient (Wildman–Crippen LogP) is 8.57. The standard InChI is InChI=1S/C38H52NO4/c1-5-6-15-26-38(3,4)39(27-16-22-35(41)34-21-13-14-23-36(34)42-30(2)40)28-24-33(25-29-39)43-37(31-17-9-7-10-18-31)32-19-11-8-12-20-32/h7-14,17-21,23,33,35,37,41H,5-6,15-16,22,24-29H2,1-4H3/q+1. The van der Waals surface area contributed by atoms with E-state index in [1.165, 1.54) is 43.7 Å². The summed E-state index contributed by atoms with van der Waals surface area (Å²) in [4.78, 5) is 11.6. The number of quaternary nitrogens is 1. The van der Waals surface area contributed by atoms with Crippen LogP contribution >= 0.6 is 0 Å². The number of ether oxygens (including phenoxy) is 2. The van der Waals surface area contributed by atoms with Crippen LogP contribution in [0.5, 0.6) is 5.75 Å². The summed E-state index contributed by atoms with van der Waals surface area (Å²) in [5.74, 6) is 0.0838. The molecule has 1 atom stereocenters. The maximum atomic E-state index is 11.6. The van der Waals surface area contributed by atoms with Gasteiger partial charge in [-0.15, -0.1) is 0 Å². The third kappa shape index (κ3) is 8.78. The Morgan fingerprint density at radius 3 is 2.05 bits per heavy atom. The molecule has 1 N–H and O–H groups in total. The van der Waals surface area contributed by atoms with Gasteiger partial charge in [0, 0.05) is 31.7 Å². The number of para-hydroxylation sites is 1. The van der Waals surface area contributed by atoms with E-state index in [1.807, 2.05) is 18.2 Å². The van der Waals surface area contributed by atoms with Crippen molar-refractivity contribution in [3.63, 3.8) is 0 Å². The molecule has 1 unspecified atom stereocenters. The van der Waals surface area contributed by atoms with Crippen molar-refractivity contribution in [1.82, 2.24) is 0 Å². The number of carbonyl (C=O) groups excluding carboxylic acids is 1. The van der Waals surface area contributed by atoms with Crippen molar-refractivity contribution in [2.75, 3.05) is 19.6 Å². The highest BCUT2D eigenvalue weighted by Gasteiger charge is 2.46. The first-order chi connectivity index (χ1) is 20.7. The fourth-order valence-electron chi connectivity index (χ4n) is 6.89. The number of piperidine rings is 1. The number of benzene rings is 3.